The van der Waals surface area contributed by atoms with Gasteiger partial charge in [-0.2, -0.15) is 0 Å². The summed E-state index contributed by atoms with van der Waals surface area (Å²) in [6, 6.07) is 0. The molecule has 4 aliphatic carbocycles. The average molecular weight is 727 g/mol. The van der Waals surface area contributed by atoms with Crippen molar-refractivity contribution in [1.29, 1.82) is 0 Å². The molecular formula is C25H57Ge2KOSi6. The molecule has 196 valence electrons. The second kappa shape index (κ2) is 24.3. The summed E-state index contributed by atoms with van der Waals surface area (Å²) >= 11 is 1.83. The molecule has 10 heteroatoms. The Morgan fingerprint density at radius 3 is 0.857 bits per heavy atom. The molecule has 0 aromatic heterocycles. The van der Waals surface area contributed by atoms with Crippen molar-refractivity contribution in [3.05, 3.63) is 0 Å². The Morgan fingerprint density at radius 1 is 0.571 bits per heavy atom. The predicted octanol–water partition coefficient (Wildman–Crippen LogP) is 7.02. The molecule has 0 heterocycles. The fraction of sp³-hybridized carbons (Fsp3) is 0.960. The van der Waals surface area contributed by atoms with Crippen LogP contribution < -0.4 is 0 Å². The van der Waals surface area contributed by atoms with Crippen molar-refractivity contribution < 1.29 is 4.79 Å². The molecule has 0 spiro atoms. The molecule has 35 heavy (non-hydrogen) atoms. The van der Waals surface area contributed by atoms with Crippen LogP contribution in [0, 0.1) is 23.2 Å². The monoisotopic (exact) mass is 728 g/mol. The van der Waals surface area contributed by atoms with E-state index in [2.05, 4.69) is 91.7 Å². The fourth-order valence-corrected chi connectivity index (χ4v) is 5.03. The van der Waals surface area contributed by atoms with E-state index < -0.39 is 0 Å². The van der Waals surface area contributed by atoms with E-state index in [1.165, 1.54) is 38.5 Å². The Morgan fingerprint density at radius 2 is 0.743 bits per heavy atom. The van der Waals surface area contributed by atoms with Crippen molar-refractivity contribution >= 4 is 141 Å². The third kappa shape index (κ3) is 24.0. The summed E-state index contributed by atoms with van der Waals surface area (Å²) in [5, 5.41) is 0. The maximum atomic E-state index is 11.7. The molecule has 0 N–H and O–H groups in total. The number of hydrogen-bond donors (Lipinski definition) is 0. The van der Waals surface area contributed by atoms with E-state index in [1.54, 1.807) is 0 Å². The Kier molecular flexibility index (Phi) is 31.7. The molecule has 0 aliphatic heterocycles. The largest absolute Gasteiger partial charge is 0 e. The van der Waals surface area contributed by atoms with Gasteiger partial charge in [-0.15, -0.1) is 0 Å². The van der Waals surface area contributed by atoms with Crippen LogP contribution in [0.5, 0.6) is 0 Å². The Bertz CT molecular complexity index is 449. The molecule has 0 aromatic carbocycles. The van der Waals surface area contributed by atoms with Crippen LogP contribution in [-0.2, 0) is 4.79 Å². The molecule has 0 saturated heterocycles. The van der Waals surface area contributed by atoms with Gasteiger partial charge in [0, 0.05) is 120 Å². The van der Waals surface area contributed by atoms with Crippen LogP contribution in [0.2, 0.25) is 91.7 Å². The van der Waals surface area contributed by atoms with Gasteiger partial charge in [0.25, 0.3) is 0 Å². The first-order valence-corrected chi connectivity index (χ1v) is 32.0. The molecule has 0 aromatic rings. The van der Waals surface area contributed by atoms with Crippen LogP contribution in [0.25, 0.3) is 0 Å². The van der Waals surface area contributed by atoms with E-state index in [0.29, 0.717) is 4.62 Å². The first kappa shape index (κ1) is 45.7. The van der Waals surface area contributed by atoms with Crippen LogP contribution in [0.3, 0.4) is 0 Å². The zero-order chi connectivity index (χ0) is 26.5. The summed E-state index contributed by atoms with van der Waals surface area (Å²) < 4.78 is 0.492. The summed E-state index contributed by atoms with van der Waals surface area (Å²) in [6.45, 7) is 32.7. The quantitative estimate of drug-likeness (QED) is 0.286. The number of carbonyl (C=O) groups excluding carboxylic acids is 1. The molecular weight excluding hydrogens is 669 g/mol. The number of carbonyl (C=O) groups is 1. The van der Waals surface area contributed by atoms with Crippen molar-refractivity contribution in [3.63, 3.8) is 0 Å². The van der Waals surface area contributed by atoms with Gasteiger partial charge in [-0.05, 0) is 0 Å². The van der Waals surface area contributed by atoms with Crippen LogP contribution in [-0.4, -0.2) is 141 Å². The van der Waals surface area contributed by atoms with E-state index in [9.17, 15) is 4.79 Å². The van der Waals surface area contributed by atoms with Gasteiger partial charge in [0.2, 0.25) is 0 Å². The molecule has 4 rings (SSSR count). The summed E-state index contributed by atoms with van der Waals surface area (Å²) in [7, 11) is 0.842. The van der Waals surface area contributed by atoms with Crippen LogP contribution in [0.4, 0.5) is 0 Å². The van der Waals surface area contributed by atoms with Gasteiger partial charge in [-0.3, -0.25) is 0 Å². The van der Waals surface area contributed by atoms with Crippen molar-refractivity contribution in [2.45, 2.75) is 130 Å². The fourth-order valence-electron chi connectivity index (χ4n) is 4.39. The molecule has 1 nitrogen and oxygen atoms in total. The number of rotatable bonds is 3. The Balaban J connectivity index is -0.000000189. The maximum Gasteiger partial charge on any atom is 0 e. The van der Waals surface area contributed by atoms with E-state index in [-0.39, 0.29) is 125 Å². The van der Waals surface area contributed by atoms with Gasteiger partial charge < -0.3 is 0 Å². The molecule has 4 saturated carbocycles. The van der Waals surface area contributed by atoms with E-state index in [1.807, 2.05) is 16.5 Å². The van der Waals surface area contributed by atoms with E-state index in [4.69, 9.17) is 0 Å². The van der Waals surface area contributed by atoms with Crippen molar-refractivity contribution in [2.24, 2.45) is 23.2 Å². The Hall–Kier alpha value is 3.69. The SMILES string of the molecule is C[Si](C)C.C[Si](C)C.C[Si](C)[Si](C)C.C[Si](C)[Si](C)C.O=[C]([Ge])C12CC3CC(CC(C3)C1)C2.[Ge].[K]. The van der Waals surface area contributed by atoms with Gasteiger partial charge in [-0.25, -0.2) is 0 Å². The first-order valence-electron chi connectivity index (χ1n) is 12.9. The second-order valence-electron chi connectivity index (χ2n) is 12.5. The standard InChI is InChI=1S/C11H15GeO.2C4H12Si2.2C3H9Si.Ge.K/c12-10(13)11-4-7-1-8(5-11)3-9(2-7)6-11;2*1-5(2)6(3)4;2*1-4(2)3;;/h7-9H,1-6H2;2*1-4H3;2*1-3H3;;. The van der Waals surface area contributed by atoms with Crippen molar-refractivity contribution in [2.75, 3.05) is 0 Å². The van der Waals surface area contributed by atoms with Gasteiger partial charge in [0.15, 0.2) is 0 Å². The minimum absolute atomic E-state index is 0. The Labute approximate surface area is 294 Å². The third-order valence-electron chi connectivity index (χ3n) is 6.52. The van der Waals surface area contributed by atoms with Gasteiger partial charge in [0.1, 0.15) is 0 Å². The van der Waals surface area contributed by atoms with Gasteiger partial charge >= 0.3 is 87.6 Å². The third-order valence-corrected chi connectivity index (χ3v) is 23.6. The minimum Gasteiger partial charge on any atom is 0 e. The zero-order valence-electron chi connectivity index (χ0n) is 26.4. The molecule has 14 radical (unpaired) electrons. The summed E-state index contributed by atoms with van der Waals surface area (Å²) in [6.07, 6.45) is 8.00. The minimum atomic E-state index is 0. The summed E-state index contributed by atoms with van der Waals surface area (Å²) in [5.41, 5.74) is 0.161. The first-order chi connectivity index (χ1) is 14.9. The van der Waals surface area contributed by atoms with Crippen LogP contribution in [0.1, 0.15) is 38.5 Å². The molecule has 4 aliphatic rings. The molecule has 0 amide bonds. The van der Waals surface area contributed by atoms with Gasteiger partial charge in [-0.1, -0.05) is 91.7 Å². The molecule has 4 fully saturated rings. The molecule has 4 bridgehead atoms. The van der Waals surface area contributed by atoms with Gasteiger partial charge in [0.05, 0.1) is 0 Å². The predicted molar refractivity (Wildman–Crippen MR) is 179 cm³/mol. The molecule has 0 atom stereocenters. The zero-order valence-corrected chi connectivity index (χ0v) is 39.7. The van der Waals surface area contributed by atoms with Crippen molar-refractivity contribution in [1.82, 2.24) is 0 Å². The second-order valence-corrected chi connectivity index (χ2v) is 39.5. The number of hydrogen-bond acceptors (Lipinski definition) is 1. The van der Waals surface area contributed by atoms with E-state index in [0.717, 1.165) is 17.8 Å². The topological polar surface area (TPSA) is 17.1 Å². The van der Waals surface area contributed by atoms with Crippen molar-refractivity contribution in [3.8, 4) is 0 Å². The average Bonchev–Trinajstić information content (AvgIpc) is 2.60. The summed E-state index contributed by atoms with van der Waals surface area (Å²) in [4.78, 5) is 11.7. The normalized spacial score (nSPS) is 25.3. The van der Waals surface area contributed by atoms with Crippen LogP contribution in [0.15, 0.2) is 0 Å². The van der Waals surface area contributed by atoms with E-state index >= 15 is 0 Å². The summed E-state index contributed by atoms with van der Waals surface area (Å²) in [5.74, 6) is 2.74. The maximum absolute atomic E-state index is 11.7. The smallest absolute Gasteiger partial charge is 0 e. The van der Waals surface area contributed by atoms with Crippen LogP contribution >= 0.6 is 0 Å². The molecule has 0 unspecified atom stereocenters.